The molecule has 158 valence electrons. The lowest BCUT2D eigenvalue weighted by Gasteiger charge is -2.38. The topological polar surface area (TPSA) is 56.2 Å². The molecule has 1 fully saturated rings. The molecule has 4 rings (SSSR count). The second-order valence-corrected chi connectivity index (χ2v) is 9.45. The van der Waals surface area contributed by atoms with Gasteiger partial charge in [0.1, 0.15) is 0 Å². The minimum atomic E-state index is -0.0844. The molecule has 3 aromatic rings. The van der Waals surface area contributed by atoms with Crippen LogP contribution >= 0.6 is 27.7 Å². The molecule has 7 heteroatoms. The molecule has 1 aliphatic rings. The lowest BCUT2D eigenvalue weighted by molar-refractivity contribution is -0.119. The number of hydrogen-bond donors (Lipinski definition) is 1. The van der Waals surface area contributed by atoms with Gasteiger partial charge in [0, 0.05) is 36.2 Å². The van der Waals surface area contributed by atoms with Gasteiger partial charge in [0.2, 0.25) is 5.91 Å². The fourth-order valence-corrected chi connectivity index (χ4v) is 5.37. The van der Waals surface area contributed by atoms with Crippen molar-refractivity contribution in [2.75, 3.05) is 25.5 Å². The summed E-state index contributed by atoms with van der Waals surface area (Å²) >= 11 is 5.08. The molecule has 0 bridgehead atoms. The Morgan fingerprint density at radius 2 is 2.03 bits per heavy atom. The maximum atomic E-state index is 12.7. The minimum Gasteiger partial charge on any atom is -0.381 e. The van der Waals surface area contributed by atoms with Crippen LogP contribution in [0.3, 0.4) is 0 Å². The van der Waals surface area contributed by atoms with Crippen LogP contribution in [0.25, 0.3) is 11.0 Å². The van der Waals surface area contributed by atoms with Gasteiger partial charge in [-0.1, -0.05) is 52.0 Å². The highest BCUT2D eigenvalue weighted by atomic mass is 79.9. The Hall–Kier alpha value is -1.83. The van der Waals surface area contributed by atoms with Crippen molar-refractivity contribution in [3.05, 3.63) is 58.6 Å². The van der Waals surface area contributed by atoms with Crippen molar-refractivity contribution < 1.29 is 9.53 Å². The highest BCUT2D eigenvalue weighted by Crippen LogP contribution is 2.35. The predicted octanol–water partition coefficient (Wildman–Crippen LogP) is 4.78. The molecule has 0 saturated carbocycles. The summed E-state index contributed by atoms with van der Waals surface area (Å²) in [7, 11) is 0. The highest BCUT2D eigenvalue weighted by molar-refractivity contribution is 9.10. The number of carbonyl (C=O) groups is 1. The van der Waals surface area contributed by atoms with E-state index in [1.54, 1.807) is 0 Å². The standard InChI is InChI=1S/C23H26BrN3O2S/c1-2-27-20-9-4-3-8-19(20)26-22(27)30-15-21(28)25-16-23(10-12-29-13-11-23)17-6-5-7-18(24)14-17/h3-9,14H,2,10-13,15-16H2,1H3,(H,25,28). The molecular weight excluding hydrogens is 462 g/mol. The molecule has 30 heavy (non-hydrogen) atoms. The largest absolute Gasteiger partial charge is 0.381 e. The van der Waals surface area contributed by atoms with Crippen LogP contribution in [0.2, 0.25) is 0 Å². The van der Waals surface area contributed by atoms with Gasteiger partial charge >= 0.3 is 0 Å². The molecule has 1 N–H and O–H groups in total. The van der Waals surface area contributed by atoms with Gasteiger partial charge in [0.25, 0.3) is 0 Å². The monoisotopic (exact) mass is 487 g/mol. The van der Waals surface area contributed by atoms with Gasteiger partial charge in [0.05, 0.1) is 16.8 Å². The van der Waals surface area contributed by atoms with Crippen LogP contribution in [0.5, 0.6) is 0 Å². The fourth-order valence-electron chi connectivity index (χ4n) is 4.07. The molecule has 0 unspecified atom stereocenters. The minimum absolute atomic E-state index is 0.0376. The van der Waals surface area contributed by atoms with Crippen LogP contribution in [0.15, 0.2) is 58.2 Å². The Labute approximate surface area is 189 Å². The zero-order valence-corrected chi connectivity index (χ0v) is 19.5. The molecule has 0 aliphatic carbocycles. The van der Waals surface area contributed by atoms with Crippen LogP contribution < -0.4 is 5.32 Å². The summed E-state index contributed by atoms with van der Waals surface area (Å²) in [6, 6.07) is 16.5. The van der Waals surface area contributed by atoms with Crippen molar-refractivity contribution in [1.82, 2.24) is 14.9 Å². The molecule has 2 heterocycles. The average molecular weight is 488 g/mol. The maximum absolute atomic E-state index is 12.7. The Bertz CT molecular complexity index is 1030. The average Bonchev–Trinajstić information content (AvgIpc) is 3.14. The first-order valence-electron chi connectivity index (χ1n) is 10.3. The number of nitrogens with one attached hydrogen (secondary N) is 1. The van der Waals surface area contributed by atoms with E-state index in [2.05, 4.69) is 57.0 Å². The van der Waals surface area contributed by atoms with Gasteiger partial charge in [-0.15, -0.1) is 0 Å². The molecule has 1 amide bonds. The van der Waals surface area contributed by atoms with E-state index in [9.17, 15) is 4.79 Å². The molecule has 1 saturated heterocycles. The van der Waals surface area contributed by atoms with Crippen LogP contribution in [-0.4, -0.2) is 41.0 Å². The second kappa shape index (κ2) is 9.54. The molecular formula is C23H26BrN3O2S. The Morgan fingerprint density at radius 1 is 1.23 bits per heavy atom. The second-order valence-electron chi connectivity index (χ2n) is 7.60. The number of rotatable bonds is 7. The van der Waals surface area contributed by atoms with Crippen LogP contribution in [-0.2, 0) is 21.5 Å². The maximum Gasteiger partial charge on any atom is 0.230 e. The van der Waals surface area contributed by atoms with Gasteiger partial charge in [-0.3, -0.25) is 4.79 Å². The summed E-state index contributed by atoms with van der Waals surface area (Å²) in [5, 5.41) is 4.08. The van der Waals surface area contributed by atoms with Gasteiger partial charge in [-0.05, 0) is 49.6 Å². The Morgan fingerprint density at radius 3 is 2.80 bits per heavy atom. The molecule has 2 aromatic carbocycles. The zero-order valence-electron chi connectivity index (χ0n) is 17.1. The number of thioether (sulfide) groups is 1. The summed E-state index contributed by atoms with van der Waals surface area (Å²) in [5.74, 6) is 0.393. The normalized spacial score (nSPS) is 15.9. The van der Waals surface area contributed by atoms with Gasteiger partial charge in [0.15, 0.2) is 5.16 Å². The summed E-state index contributed by atoms with van der Waals surface area (Å²) < 4.78 is 8.83. The fraction of sp³-hybridized carbons (Fsp3) is 0.391. The number of benzene rings is 2. The van der Waals surface area contributed by atoms with E-state index >= 15 is 0 Å². The first-order valence-corrected chi connectivity index (χ1v) is 12.1. The summed E-state index contributed by atoms with van der Waals surface area (Å²) in [6.45, 7) is 4.99. The number of fused-ring (bicyclic) bond motifs is 1. The molecule has 0 atom stereocenters. The third-order valence-corrected chi connectivity index (χ3v) is 7.25. The number of amides is 1. The number of halogens is 1. The van der Waals surface area contributed by atoms with Crippen LogP contribution in [0.1, 0.15) is 25.3 Å². The summed E-state index contributed by atoms with van der Waals surface area (Å²) in [6.07, 6.45) is 1.81. The van der Waals surface area contributed by atoms with Crippen molar-refractivity contribution in [3.8, 4) is 0 Å². The van der Waals surface area contributed by atoms with E-state index in [-0.39, 0.29) is 11.3 Å². The van der Waals surface area contributed by atoms with E-state index in [0.29, 0.717) is 12.3 Å². The molecule has 0 spiro atoms. The number of aryl methyl sites for hydroxylation is 1. The lowest BCUT2D eigenvalue weighted by atomic mass is 9.74. The highest BCUT2D eigenvalue weighted by Gasteiger charge is 2.35. The van der Waals surface area contributed by atoms with E-state index < -0.39 is 0 Å². The predicted molar refractivity (Wildman–Crippen MR) is 125 cm³/mol. The van der Waals surface area contributed by atoms with Crippen molar-refractivity contribution in [2.45, 2.75) is 36.9 Å². The van der Waals surface area contributed by atoms with Gasteiger partial charge in [-0.2, -0.15) is 0 Å². The van der Waals surface area contributed by atoms with Crippen molar-refractivity contribution in [1.29, 1.82) is 0 Å². The van der Waals surface area contributed by atoms with E-state index in [4.69, 9.17) is 9.72 Å². The number of nitrogens with zero attached hydrogens (tertiary/aromatic N) is 2. The Kier molecular flexibility index (Phi) is 6.80. The Balaban J connectivity index is 1.42. The van der Waals surface area contributed by atoms with Crippen LogP contribution in [0, 0.1) is 0 Å². The molecule has 0 radical (unpaired) electrons. The van der Waals surface area contributed by atoms with E-state index in [0.717, 1.165) is 53.3 Å². The quantitative estimate of drug-likeness (QED) is 0.487. The van der Waals surface area contributed by atoms with Crippen molar-refractivity contribution >= 4 is 44.6 Å². The third kappa shape index (κ3) is 4.58. The molecule has 1 aliphatic heterocycles. The smallest absolute Gasteiger partial charge is 0.230 e. The van der Waals surface area contributed by atoms with E-state index in [1.807, 2.05) is 24.3 Å². The molecule has 1 aromatic heterocycles. The number of para-hydroxylation sites is 2. The number of ether oxygens (including phenoxy) is 1. The number of imidazole rings is 1. The zero-order chi connectivity index (χ0) is 21.0. The van der Waals surface area contributed by atoms with Crippen LogP contribution in [0.4, 0.5) is 0 Å². The third-order valence-electron chi connectivity index (χ3n) is 5.78. The molecule has 5 nitrogen and oxygen atoms in total. The van der Waals surface area contributed by atoms with Gasteiger partial charge < -0.3 is 14.6 Å². The number of aromatic nitrogens is 2. The lowest BCUT2D eigenvalue weighted by Crippen LogP contribution is -2.45. The van der Waals surface area contributed by atoms with Crippen molar-refractivity contribution in [3.63, 3.8) is 0 Å². The number of hydrogen-bond acceptors (Lipinski definition) is 4. The summed E-state index contributed by atoms with van der Waals surface area (Å²) in [4.78, 5) is 17.4. The summed E-state index contributed by atoms with van der Waals surface area (Å²) in [5.41, 5.74) is 3.25. The number of carbonyl (C=O) groups excluding carboxylic acids is 1. The van der Waals surface area contributed by atoms with E-state index in [1.165, 1.54) is 17.3 Å². The first kappa shape index (κ1) is 21.4. The van der Waals surface area contributed by atoms with Gasteiger partial charge in [-0.25, -0.2) is 4.98 Å². The first-order chi connectivity index (χ1) is 14.6. The SMILES string of the molecule is CCn1c(SCC(=O)NCC2(c3cccc(Br)c3)CCOCC2)nc2ccccc21. The van der Waals surface area contributed by atoms with Crippen molar-refractivity contribution in [2.24, 2.45) is 0 Å².